The Labute approximate surface area is 42.2 Å². The second-order valence-corrected chi connectivity index (χ2v) is 1.45. The molecule has 1 rings (SSSR count). The lowest BCUT2D eigenvalue weighted by atomic mass is 10.5. The number of epoxide rings is 1. The summed E-state index contributed by atoms with van der Waals surface area (Å²) in [5.41, 5.74) is 0. The van der Waals surface area contributed by atoms with Gasteiger partial charge in [0.05, 0.1) is 0 Å². The van der Waals surface area contributed by atoms with Crippen LogP contribution in [0.3, 0.4) is 0 Å². The minimum atomic E-state index is -4.51. The Morgan fingerprint density at radius 3 is 1.62 bits per heavy atom. The molecule has 0 saturated carbocycles. The van der Waals surface area contributed by atoms with Gasteiger partial charge in [-0.1, -0.05) is 0 Å². The summed E-state index contributed by atoms with van der Waals surface area (Å²) in [6.45, 7) is 0. The lowest BCUT2D eigenvalue weighted by Gasteiger charge is -1.96. The Bertz CT molecular complexity index is 97.9. The standard InChI is InChI=1S/C3H2F4O/c4-2-1(8-2)3(5,6)7/h1-2H/t1-,2-/m0/s1. The maximum atomic E-state index is 11.3. The fraction of sp³-hybridized carbons (Fsp3) is 1.00. The molecule has 0 spiro atoms. The molecule has 0 aromatic carbocycles. The number of rotatable bonds is 0. The van der Waals surface area contributed by atoms with E-state index < -0.39 is 18.6 Å². The molecule has 0 aromatic rings. The van der Waals surface area contributed by atoms with Gasteiger partial charge in [0.2, 0.25) is 12.5 Å². The van der Waals surface area contributed by atoms with Gasteiger partial charge in [-0.3, -0.25) is 0 Å². The average molecular weight is 130 g/mol. The minimum Gasteiger partial charge on any atom is -0.327 e. The molecular weight excluding hydrogens is 128 g/mol. The second kappa shape index (κ2) is 1.34. The first-order valence-corrected chi connectivity index (χ1v) is 1.88. The molecule has 0 radical (unpaired) electrons. The Morgan fingerprint density at radius 2 is 1.62 bits per heavy atom. The van der Waals surface area contributed by atoms with E-state index in [1.54, 1.807) is 0 Å². The summed E-state index contributed by atoms with van der Waals surface area (Å²) in [4.78, 5) is 0. The van der Waals surface area contributed by atoms with Crippen LogP contribution in [0, 0.1) is 0 Å². The summed E-state index contributed by atoms with van der Waals surface area (Å²) in [7, 11) is 0. The molecule has 0 unspecified atom stereocenters. The summed E-state index contributed by atoms with van der Waals surface area (Å²) in [6, 6.07) is 0. The smallest absolute Gasteiger partial charge is 0.327 e. The number of hydrogen-bond acceptors (Lipinski definition) is 1. The number of hydrogen-bond donors (Lipinski definition) is 0. The quantitative estimate of drug-likeness (QED) is 0.355. The van der Waals surface area contributed by atoms with E-state index in [1.165, 1.54) is 0 Å². The summed E-state index contributed by atoms with van der Waals surface area (Å²) < 4.78 is 48.2. The zero-order valence-corrected chi connectivity index (χ0v) is 3.57. The van der Waals surface area contributed by atoms with E-state index in [2.05, 4.69) is 4.74 Å². The molecule has 5 heteroatoms. The largest absolute Gasteiger partial charge is 0.420 e. The van der Waals surface area contributed by atoms with Crippen molar-refractivity contribution >= 4 is 0 Å². The summed E-state index contributed by atoms with van der Waals surface area (Å²) in [5, 5.41) is 0. The Kier molecular flexibility index (Phi) is 0.974. The number of halogens is 4. The molecule has 1 aliphatic rings. The Balaban J connectivity index is 2.39. The second-order valence-electron chi connectivity index (χ2n) is 1.45. The monoisotopic (exact) mass is 130 g/mol. The highest BCUT2D eigenvalue weighted by atomic mass is 19.4. The van der Waals surface area contributed by atoms with Crippen LogP contribution in [0.1, 0.15) is 0 Å². The lowest BCUT2D eigenvalue weighted by Crippen LogP contribution is -2.17. The van der Waals surface area contributed by atoms with E-state index in [9.17, 15) is 17.6 Å². The van der Waals surface area contributed by atoms with Gasteiger partial charge < -0.3 is 4.74 Å². The predicted octanol–water partition coefficient (Wildman–Crippen LogP) is 1.24. The van der Waals surface area contributed by atoms with Crippen molar-refractivity contribution in [3.05, 3.63) is 0 Å². The van der Waals surface area contributed by atoms with Crippen molar-refractivity contribution < 1.29 is 22.3 Å². The number of alkyl halides is 4. The molecule has 1 aliphatic heterocycles. The Hall–Kier alpha value is -0.320. The highest BCUT2D eigenvalue weighted by Gasteiger charge is 2.59. The zero-order valence-electron chi connectivity index (χ0n) is 3.57. The molecule has 1 fully saturated rings. The highest BCUT2D eigenvalue weighted by molar-refractivity contribution is 4.82. The summed E-state index contributed by atoms with van der Waals surface area (Å²) in [5.74, 6) is 0. The van der Waals surface area contributed by atoms with E-state index in [0.29, 0.717) is 0 Å². The minimum absolute atomic E-state index is 2.12. The molecule has 0 N–H and O–H groups in total. The molecule has 0 aromatic heterocycles. The van der Waals surface area contributed by atoms with Crippen LogP contribution in [0.4, 0.5) is 17.6 Å². The molecular formula is C3H2F4O. The van der Waals surface area contributed by atoms with Crippen LogP contribution in [0.2, 0.25) is 0 Å². The highest BCUT2D eigenvalue weighted by Crippen LogP contribution is 2.37. The predicted molar refractivity (Wildman–Crippen MR) is 15.8 cm³/mol. The van der Waals surface area contributed by atoms with Gasteiger partial charge in [-0.05, 0) is 0 Å². The fourth-order valence-corrected chi connectivity index (χ4v) is 0.320. The van der Waals surface area contributed by atoms with Crippen molar-refractivity contribution in [1.82, 2.24) is 0 Å². The van der Waals surface area contributed by atoms with Crippen LogP contribution in [0.5, 0.6) is 0 Å². The third kappa shape index (κ3) is 0.912. The summed E-state index contributed by atoms with van der Waals surface area (Å²) >= 11 is 0. The van der Waals surface area contributed by atoms with E-state index in [4.69, 9.17) is 0 Å². The Morgan fingerprint density at radius 1 is 1.25 bits per heavy atom. The first kappa shape index (κ1) is 5.81. The van der Waals surface area contributed by atoms with E-state index >= 15 is 0 Å². The summed E-state index contributed by atoms with van der Waals surface area (Å²) in [6.07, 6.45) is -8.78. The average Bonchev–Trinajstić information content (AvgIpc) is 2.13. The third-order valence-corrected chi connectivity index (χ3v) is 0.761. The van der Waals surface area contributed by atoms with E-state index in [1.807, 2.05) is 0 Å². The van der Waals surface area contributed by atoms with Crippen molar-refractivity contribution in [2.24, 2.45) is 0 Å². The first-order valence-electron chi connectivity index (χ1n) is 1.88. The fourth-order valence-electron chi connectivity index (χ4n) is 0.320. The molecule has 1 nitrogen and oxygen atoms in total. The molecule has 1 heterocycles. The van der Waals surface area contributed by atoms with Gasteiger partial charge in [0.25, 0.3) is 0 Å². The zero-order chi connectivity index (χ0) is 6.36. The molecule has 48 valence electrons. The van der Waals surface area contributed by atoms with E-state index in [0.717, 1.165) is 0 Å². The van der Waals surface area contributed by atoms with Crippen molar-refractivity contribution in [3.8, 4) is 0 Å². The van der Waals surface area contributed by atoms with Gasteiger partial charge in [0, 0.05) is 0 Å². The van der Waals surface area contributed by atoms with Gasteiger partial charge in [-0.2, -0.15) is 13.2 Å². The topological polar surface area (TPSA) is 12.5 Å². The van der Waals surface area contributed by atoms with Crippen molar-refractivity contribution in [1.29, 1.82) is 0 Å². The molecule has 0 aliphatic carbocycles. The molecule has 8 heavy (non-hydrogen) atoms. The maximum Gasteiger partial charge on any atom is 0.420 e. The number of ether oxygens (including phenoxy) is 1. The molecule has 2 atom stereocenters. The van der Waals surface area contributed by atoms with Gasteiger partial charge >= 0.3 is 6.18 Å². The van der Waals surface area contributed by atoms with Crippen molar-refractivity contribution in [2.75, 3.05) is 0 Å². The lowest BCUT2D eigenvalue weighted by molar-refractivity contribution is -0.146. The SMILES string of the molecule is F[C@H]1O[C@@H]1C(F)(F)F. The normalized spacial score (nSPS) is 37.5. The van der Waals surface area contributed by atoms with Gasteiger partial charge in [-0.15, -0.1) is 0 Å². The van der Waals surface area contributed by atoms with Crippen LogP contribution in [0.25, 0.3) is 0 Å². The maximum absolute atomic E-state index is 11.3. The van der Waals surface area contributed by atoms with Crippen LogP contribution >= 0.6 is 0 Å². The molecule has 0 bridgehead atoms. The third-order valence-electron chi connectivity index (χ3n) is 0.761. The van der Waals surface area contributed by atoms with Crippen LogP contribution in [-0.2, 0) is 4.74 Å². The molecule has 1 saturated heterocycles. The van der Waals surface area contributed by atoms with Crippen molar-refractivity contribution in [3.63, 3.8) is 0 Å². The van der Waals surface area contributed by atoms with Gasteiger partial charge in [0.15, 0.2) is 0 Å². The first-order chi connectivity index (χ1) is 3.52. The van der Waals surface area contributed by atoms with Crippen LogP contribution in [0.15, 0.2) is 0 Å². The van der Waals surface area contributed by atoms with Crippen LogP contribution < -0.4 is 0 Å². The van der Waals surface area contributed by atoms with Gasteiger partial charge in [0.1, 0.15) is 0 Å². The molecule has 0 amide bonds. The van der Waals surface area contributed by atoms with Crippen LogP contribution in [-0.4, -0.2) is 18.6 Å². The van der Waals surface area contributed by atoms with E-state index in [-0.39, 0.29) is 0 Å². The van der Waals surface area contributed by atoms with Gasteiger partial charge in [-0.25, -0.2) is 4.39 Å². The van der Waals surface area contributed by atoms with Crippen molar-refractivity contribution in [2.45, 2.75) is 18.6 Å².